The highest BCUT2D eigenvalue weighted by Gasteiger charge is 2.28. The van der Waals surface area contributed by atoms with E-state index < -0.39 is 0 Å². The van der Waals surface area contributed by atoms with Gasteiger partial charge in [-0.05, 0) is 55.9 Å². The minimum absolute atomic E-state index is 0.857. The highest BCUT2D eigenvalue weighted by Crippen LogP contribution is 2.55. The maximum absolute atomic E-state index is 7.02. The first-order chi connectivity index (χ1) is 25.8. The molecule has 0 aromatic heterocycles. The number of fused-ring (bicyclic) bond motifs is 12. The summed E-state index contributed by atoms with van der Waals surface area (Å²) in [5.41, 5.74) is 13.5. The normalized spacial score (nSPS) is 12.2. The standard InChI is InChI=1S/C50H30O2/c1-3-17-33-31(15-1)35-19-9-11-29-45(35)51-49-41(33)25-13-27-43(49)47-37-21-5-7-23-39(37)48(40-24-8-6-22-38(40)47)44-28-14-26-42-34-18-4-2-16-32(34)36-20-10-12-30-46(36)52-50(42)44/h1-30H. The SMILES string of the molecule is c1ccc2c(c1)Oc1c(cccc1-c1c3ccccc3c(-c3cccc4c3Oc3ccccc3-c3ccccc3-4)c3ccccc13)-c1ccccc1-2. The van der Waals surface area contributed by atoms with Crippen molar-refractivity contribution in [3.63, 3.8) is 0 Å². The lowest BCUT2D eigenvalue weighted by Gasteiger charge is -2.22. The zero-order valence-electron chi connectivity index (χ0n) is 28.1. The van der Waals surface area contributed by atoms with E-state index in [1.165, 1.54) is 22.3 Å². The minimum atomic E-state index is 0.857. The fourth-order valence-electron chi connectivity index (χ4n) is 8.50. The third-order valence-corrected chi connectivity index (χ3v) is 10.7. The Morgan fingerprint density at radius 1 is 0.212 bits per heavy atom. The second kappa shape index (κ2) is 11.3. The summed E-state index contributed by atoms with van der Waals surface area (Å²) in [6.45, 7) is 0. The number of hydrogen-bond donors (Lipinski definition) is 0. The van der Waals surface area contributed by atoms with Crippen molar-refractivity contribution in [1.29, 1.82) is 0 Å². The van der Waals surface area contributed by atoms with E-state index in [-0.39, 0.29) is 0 Å². The van der Waals surface area contributed by atoms with Crippen LogP contribution in [0, 0.1) is 0 Å². The van der Waals surface area contributed by atoms with Gasteiger partial charge in [0.15, 0.2) is 0 Å². The first-order valence-electron chi connectivity index (χ1n) is 17.8. The van der Waals surface area contributed by atoms with Gasteiger partial charge in [-0.15, -0.1) is 0 Å². The fraction of sp³-hybridized carbons (Fsp3) is 0. The average Bonchev–Trinajstić information content (AvgIpc) is 3.45. The Bertz CT molecular complexity index is 2660. The number of hydrogen-bond acceptors (Lipinski definition) is 2. The Kier molecular flexibility index (Phi) is 6.28. The predicted molar refractivity (Wildman–Crippen MR) is 214 cm³/mol. The third kappa shape index (κ3) is 4.19. The number of para-hydroxylation sites is 4. The molecule has 2 heterocycles. The van der Waals surface area contributed by atoms with E-state index in [4.69, 9.17) is 9.47 Å². The van der Waals surface area contributed by atoms with Crippen molar-refractivity contribution in [1.82, 2.24) is 0 Å². The van der Waals surface area contributed by atoms with E-state index in [1.54, 1.807) is 0 Å². The lowest BCUT2D eigenvalue weighted by Crippen LogP contribution is -1.96. The van der Waals surface area contributed by atoms with Crippen LogP contribution in [0.2, 0.25) is 0 Å². The zero-order valence-corrected chi connectivity index (χ0v) is 28.1. The minimum Gasteiger partial charge on any atom is -0.455 e. The van der Waals surface area contributed by atoms with Gasteiger partial charge in [-0.25, -0.2) is 0 Å². The molecule has 2 aliphatic heterocycles. The molecule has 0 atom stereocenters. The Hall–Kier alpha value is -6.90. The first-order valence-corrected chi connectivity index (χ1v) is 17.8. The van der Waals surface area contributed by atoms with Crippen LogP contribution in [0.3, 0.4) is 0 Å². The Labute approximate surface area is 301 Å². The molecule has 9 aromatic rings. The van der Waals surface area contributed by atoms with Gasteiger partial charge >= 0.3 is 0 Å². The van der Waals surface area contributed by atoms with E-state index in [1.807, 2.05) is 0 Å². The molecule has 0 N–H and O–H groups in total. The van der Waals surface area contributed by atoms with Gasteiger partial charge in [0.2, 0.25) is 0 Å². The highest BCUT2D eigenvalue weighted by molar-refractivity contribution is 6.23. The summed E-state index contributed by atoms with van der Waals surface area (Å²) in [6, 6.07) is 64.7. The van der Waals surface area contributed by atoms with Crippen LogP contribution in [0.4, 0.5) is 0 Å². The fourth-order valence-corrected chi connectivity index (χ4v) is 8.50. The van der Waals surface area contributed by atoms with Crippen molar-refractivity contribution in [2.75, 3.05) is 0 Å². The molecule has 11 rings (SSSR count). The lowest BCUT2D eigenvalue weighted by molar-refractivity contribution is 0.489. The van der Waals surface area contributed by atoms with Crippen molar-refractivity contribution in [2.45, 2.75) is 0 Å². The second-order valence-corrected chi connectivity index (χ2v) is 13.5. The summed E-state index contributed by atoms with van der Waals surface area (Å²) in [4.78, 5) is 0. The highest BCUT2D eigenvalue weighted by atomic mass is 16.5. The molecular formula is C50H30O2. The summed E-state index contributed by atoms with van der Waals surface area (Å²) in [5.74, 6) is 3.45. The number of benzene rings is 9. The molecule has 2 nitrogen and oxygen atoms in total. The summed E-state index contributed by atoms with van der Waals surface area (Å²) in [7, 11) is 0. The molecule has 0 aliphatic carbocycles. The molecule has 0 saturated carbocycles. The maximum Gasteiger partial charge on any atom is 0.143 e. The largest absolute Gasteiger partial charge is 0.455 e. The topological polar surface area (TPSA) is 18.5 Å². The molecule has 0 fully saturated rings. The molecule has 9 aromatic carbocycles. The van der Waals surface area contributed by atoms with E-state index in [0.717, 1.165) is 89.1 Å². The second-order valence-electron chi connectivity index (χ2n) is 13.5. The molecule has 0 radical (unpaired) electrons. The van der Waals surface area contributed by atoms with Crippen molar-refractivity contribution in [2.24, 2.45) is 0 Å². The van der Waals surface area contributed by atoms with Gasteiger partial charge in [0.1, 0.15) is 23.0 Å². The molecule has 0 unspecified atom stereocenters. The smallest absolute Gasteiger partial charge is 0.143 e. The van der Waals surface area contributed by atoms with Crippen LogP contribution in [-0.4, -0.2) is 0 Å². The Morgan fingerprint density at radius 2 is 0.481 bits per heavy atom. The molecule has 0 spiro atoms. The summed E-state index contributed by atoms with van der Waals surface area (Å²) in [6.07, 6.45) is 0. The van der Waals surface area contributed by atoms with Gasteiger partial charge in [-0.2, -0.15) is 0 Å². The van der Waals surface area contributed by atoms with Gasteiger partial charge in [0.05, 0.1) is 0 Å². The van der Waals surface area contributed by atoms with Crippen LogP contribution in [0.25, 0.3) is 88.3 Å². The Balaban J connectivity index is 1.23. The molecule has 0 bridgehead atoms. The molecule has 2 aliphatic rings. The van der Waals surface area contributed by atoms with Crippen LogP contribution < -0.4 is 9.47 Å². The molecule has 2 heteroatoms. The van der Waals surface area contributed by atoms with E-state index in [0.29, 0.717) is 0 Å². The summed E-state index contributed by atoms with van der Waals surface area (Å²) < 4.78 is 14.0. The van der Waals surface area contributed by atoms with E-state index in [2.05, 4.69) is 182 Å². The number of ether oxygens (including phenoxy) is 2. The van der Waals surface area contributed by atoms with Crippen LogP contribution in [0.5, 0.6) is 23.0 Å². The predicted octanol–water partition coefficient (Wildman–Crippen LogP) is 14.2. The van der Waals surface area contributed by atoms with Crippen molar-refractivity contribution in [3.8, 4) is 89.8 Å². The van der Waals surface area contributed by atoms with Gasteiger partial charge in [0, 0.05) is 44.5 Å². The van der Waals surface area contributed by atoms with Crippen molar-refractivity contribution >= 4 is 21.5 Å². The molecule has 52 heavy (non-hydrogen) atoms. The van der Waals surface area contributed by atoms with Gasteiger partial charge in [0.25, 0.3) is 0 Å². The quantitative estimate of drug-likeness (QED) is 0.172. The van der Waals surface area contributed by atoms with Crippen LogP contribution >= 0.6 is 0 Å². The van der Waals surface area contributed by atoms with E-state index >= 15 is 0 Å². The summed E-state index contributed by atoms with van der Waals surface area (Å²) in [5, 5.41) is 4.63. The monoisotopic (exact) mass is 662 g/mol. The van der Waals surface area contributed by atoms with Gasteiger partial charge in [-0.3, -0.25) is 0 Å². The zero-order chi connectivity index (χ0) is 34.2. The van der Waals surface area contributed by atoms with Crippen LogP contribution in [-0.2, 0) is 0 Å². The third-order valence-electron chi connectivity index (χ3n) is 10.7. The molecular weight excluding hydrogens is 633 g/mol. The van der Waals surface area contributed by atoms with Gasteiger partial charge < -0.3 is 9.47 Å². The average molecular weight is 663 g/mol. The van der Waals surface area contributed by atoms with E-state index in [9.17, 15) is 0 Å². The van der Waals surface area contributed by atoms with Crippen LogP contribution in [0.1, 0.15) is 0 Å². The molecule has 242 valence electrons. The van der Waals surface area contributed by atoms with Gasteiger partial charge in [-0.1, -0.05) is 170 Å². The lowest BCUT2D eigenvalue weighted by atomic mass is 9.83. The number of rotatable bonds is 2. The first kappa shape index (κ1) is 28.9. The Morgan fingerprint density at radius 3 is 0.865 bits per heavy atom. The van der Waals surface area contributed by atoms with Crippen molar-refractivity contribution < 1.29 is 9.47 Å². The molecule has 0 saturated heterocycles. The molecule has 0 amide bonds. The van der Waals surface area contributed by atoms with Crippen LogP contribution in [0.15, 0.2) is 182 Å². The maximum atomic E-state index is 7.02. The van der Waals surface area contributed by atoms with Crippen molar-refractivity contribution in [3.05, 3.63) is 182 Å². The summed E-state index contributed by atoms with van der Waals surface area (Å²) >= 11 is 0.